The van der Waals surface area contributed by atoms with Crippen LogP contribution in [0.25, 0.3) is 0 Å². The van der Waals surface area contributed by atoms with E-state index in [-0.39, 0.29) is 10.6 Å². The van der Waals surface area contributed by atoms with Crippen LogP contribution in [0.2, 0.25) is 5.02 Å². The summed E-state index contributed by atoms with van der Waals surface area (Å²) in [6, 6.07) is 13.3. The van der Waals surface area contributed by atoms with E-state index < -0.39 is 33.1 Å². The van der Waals surface area contributed by atoms with Crippen molar-refractivity contribution in [3.05, 3.63) is 88.4 Å². The number of halogens is 3. The van der Waals surface area contributed by atoms with Gasteiger partial charge in [-0.2, -0.15) is 0 Å². The molecule has 29 heavy (non-hydrogen) atoms. The molecule has 0 heterocycles. The largest absolute Gasteiger partial charge is 0.322 e. The number of sulfonamides is 1. The lowest BCUT2D eigenvalue weighted by Gasteiger charge is -2.13. The lowest BCUT2D eigenvalue weighted by Crippen LogP contribution is -2.18. The summed E-state index contributed by atoms with van der Waals surface area (Å²) in [5.74, 6) is -3.07. The van der Waals surface area contributed by atoms with Gasteiger partial charge in [0.25, 0.3) is 15.9 Å². The van der Waals surface area contributed by atoms with Crippen molar-refractivity contribution in [3.8, 4) is 0 Å². The Morgan fingerprint density at radius 2 is 1.52 bits per heavy atom. The van der Waals surface area contributed by atoms with Crippen LogP contribution in [0.4, 0.5) is 20.2 Å². The summed E-state index contributed by atoms with van der Waals surface area (Å²) in [4.78, 5) is 12.2. The van der Waals surface area contributed by atoms with Gasteiger partial charge in [-0.05, 0) is 61.0 Å². The van der Waals surface area contributed by atoms with Gasteiger partial charge < -0.3 is 5.32 Å². The second-order valence-corrected chi connectivity index (χ2v) is 8.23. The zero-order chi connectivity index (χ0) is 21.2. The number of rotatable bonds is 5. The van der Waals surface area contributed by atoms with Crippen LogP contribution >= 0.6 is 11.6 Å². The van der Waals surface area contributed by atoms with E-state index in [1.165, 1.54) is 42.5 Å². The van der Waals surface area contributed by atoms with Gasteiger partial charge in [0.05, 0.1) is 4.90 Å². The Hall–Kier alpha value is -2.97. The number of carbonyl (C=O) groups excluding carboxylic acids is 1. The van der Waals surface area contributed by atoms with Gasteiger partial charge in [0.2, 0.25) is 0 Å². The molecule has 150 valence electrons. The highest BCUT2D eigenvalue weighted by molar-refractivity contribution is 7.92. The molecule has 0 fully saturated rings. The average molecular weight is 437 g/mol. The average Bonchev–Trinajstić information content (AvgIpc) is 2.65. The van der Waals surface area contributed by atoms with Crippen molar-refractivity contribution in [2.45, 2.75) is 11.8 Å². The van der Waals surface area contributed by atoms with Gasteiger partial charge in [0.1, 0.15) is 17.2 Å². The Balaban J connectivity index is 1.89. The number of benzene rings is 3. The normalized spacial score (nSPS) is 11.2. The van der Waals surface area contributed by atoms with Gasteiger partial charge in [-0.15, -0.1) is 0 Å². The molecule has 1 amide bonds. The second kappa shape index (κ2) is 8.18. The SMILES string of the molecule is Cc1ccc(NC(=O)c2c(F)cccc2F)cc1S(=O)(=O)Nc1ccc(Cl)cc1. The third kappa shape index (κ3) is 4.72. The number of anilines is 2. The van der Waals surface area contributed by atoms with E-state index >= 15 is 0 Å². The quantitative estimate of drug-likeness (QED) is 0.592. The van der Waals surface area contributed by atoms with Gasteiger partial charge in [0, 0.05) is 16.4 Å². The highest BCUT2D eigenvalue weighted by Gasteiger charge is 2.20. The first-order valence-electron chi connectivity index (χ1n) is 8.32. The van der Waals surface area contributed by atoms with Crippen molar-refractivity contribution in [3.63, 3.8) is 0 Å². The smallest absolute Gasteiger partial charge is 0.262 e. The van der Waals surface area contributed by atoms with Crippen LogP contribution in [-0.2, 0) is 10.0 Å². The Morgan fingerprint density at radius 3 is 2.14 bits per heavy atom. The number of amides is 1. The molecule has 0 saturated carbocycles. The number of carbonyl (C=O) groups is 1. The number of hydrogen-bond acceptors (Lipinski definition) is 3. The predicted octanol–water partition coefficient (Wildman–Crippen LogP) is 4.98. The third-order valence-electron chi connectivity index (χ3n) is 4.02. The minimum absolute atomic E-state index is 0.0692. The zero-order valence-electron chi connectivity index (χ0n) is 15.0. The predicted molar refractivity (Wildman–Crippen MR) is 108 cm³/mol. The van der Waals surface area contributed by atoms with Crippen LogP contribution in [0.1, 0.15) is 15.9 Å². The van der Waals surface area contributed by atoms with Crippen LogP contribution < -0.4 is 10.0 Å². The Morgan fingerprint density at radius 1 is 0.931 bits per heavy atom. The van der Waals surface area contributed by atoms with Crippen molar-refractivity contribution in [1.29, 1.82) is 0 Å². The van der Waals surface area contributed by atoms with E-state index in [0.717, 1.165) is 18.2 Å². The van der Waals surface area contributed by atoms with Crippen LogP contribution in [0.3, 0.4) is 0 Å². The number of hydrogen-bond donors (Lipinski definition) is 2. The molecule has 0 aliphatic rings. The van der Waals surface area contributed by atoms with Crippen molar-refractivity contribution in [2.75, 3.05) is 10.0 Å². The first-order chi connectivity index (χ1) is 13.7. The van der Waals surface area contributed by atoms with Gasteiger partial charge in [-0.1, -0.05) is 23.7 Å². The third-order valence-corrected chi connectivity index (χ3v) is 5.80. The highest BCUT2D eigenvalue weighted by atomic mass is 35.5. The van der Waals surface area contributed by atoms with E-state index in [1.807, 2.05) is 0 Å². The van der Waals surface area contributed by atoms with Crippen LogP contribution in [0.15, 0.2) is 65.6 Å². The maximum Gasteiger partial charge on any atom is 0.262 e. The van der Waals surface area contributed by atoms with E-state index in [4.69, 9.17) is 11.6 Å². The van der Waals surface area contributed by atoms with Crippen LogP contribution in [-0.4, -0.2) is 14.3 Å². The first kappa shape index (κ1) is 20.8. The van der Waals surface area contributed by atoms with Crippen LogP contribution in [0, 0.1) is 18.6 Å². The lowest BCUT2D eigenvalue weighted by molar-refractivity contribution is 0.101. The molecule has 0 aromatic heterocycles. The molecule has 2 N–H and O–H groups in total. The van der Waals surface area contributed by atoms with Gasteiger partial charge in [0.15, 0.2) is 0 Å². The van der Waals surface area contributed by atoms with E-state index in [9.17, 15) is 22.0 Å². The minimum atomic E-state index is -3.99. The van der Waals surface area contributed by atoms with E-state index in [2.05, 4.69) is 10.0 Å². The molecule has 3 aromatic rings. The molecule has 0 unspecified atom stereocenters. The molecule has 0 spiro atoms. The summed E-state index contributed by atoms with van der Waals surface area (Å²) in [6.07, 6.45) is 0. The first-order valence-corrected chi connectivity index (χ1v) is 10.2. The molecular formula is C20H15ClF2N2O3S. The fourth-order valence-electron chi connectivity index (χ4n) is 2.60. The van der Waals surface area contributed by atoms with Crippen molar-refractivity contribution >= 4 is 38.9 Å². The standard InChI is InChI=1S/C20H15ClF2N2O3S/c1-12-5-8-15(24-20(26)19-16(22)3-2-4-17(19)23)11-18(12)29(27,28)25-14-9-6-13(21)7-10-14/h2-11,25H,1H3,(H,24,26). The number of nitrogens with one attached hydrogen (secondary N) is 2. The molecular weight excluding hydrogens is 422 g/mol. The molecule has 0 saturated heterocycles. The summed E-state index contributed by atoms with van der Waals surface area (Å²) in [5.41, 5.74) is 0.0368. The molecule has 5 nitrogen and oxygen atoms in total. The molecule has 3 aromatic carbocycles. The molecule has 0 bridgehead atoms. The lowest BCUT2D eigenvalue weighted by atomic mass is 10.1. The summed E-state index contributed by atoms with van der Waals surface area (Å²) in [6.45, 7) is 1.58. The molecule has 0 atom stereocenters. The topological polar surface area (TPSA) is 75.3 Å². The highest BCUT2D eigenvalue weighted by Crippen LogP contribution is 2.24. The summed E-state index contributed by atoms with van der Waals surface area (Å²) in [7, 11) is -3.99. The second-order valence-electron chi connectivity index (χ2n) is 6.14. The summed E-state index contributed by atoms with van der Waals surface area (Å²) in [5, 5.41) is 2.78. The van der Waals surface area contributed by atoms with Gasteiger partial charge in [-0.25, -0.2) is 17.2 Å². The van der Waals surface area contributed by atoms with E-state index in [0.29, 0.717) is 16.3 Å². The molecule has 9 heteroatoms. The fraction of sp³-hybridized carbons (Fsp3) is 0.0500. The Kier molecular flexibility index (Phi) is 5.86. The van der Waals surface area contributed by atoms with Gasteiger partial charge in [-0.3, -0.25) is 9.52 Å². The number of aryl methyl sites for hydroxylation is 1. The van der Waals surface area contributed by atoms with E-state index in [1.54, 1.807) is 6.92 Å². The van der Waals surface area contributed by atoms with Crippen molar-refractivity contribution in [2.24, 2.45) is 0 Å². The molecule has 0 radical (unpaired) electrons. The van der Waals surface area contributed by atoms with Gasteiger partial charge >= 0.3 is 0 Å². The summed E-state index contributed by atoms with van der Waals surface area (Å²) < 4.78 is 55.5. The van der Waals surface area contributed by atoms with Crippen LogP contribution in [0.5, 0.6) is 0 Å². The molecule has 3 rings (SSSR count). The monoisotopic (exact) mass is 436 g/mol. The van der Waals surface area contributed by atoms with Crippen molar-refractivity contribution in [1.82, 2.24) is 0 Å². The molecule has 0 aliphatic heterocycles. The Labute approximate surface area is 171 Å². The minimum Gasteiger partial charge on any atom is -0.322 e. The Bertz CT molecular complexity index is 1160. The van der Waals surface area contributed by atoms with Crippen molar-refractivity contribution < 1.29 is 22.0 Å². The maximum absolute atomic E-state index is 13.8. The zero-order valence-corrected chi connectivity index (χ0v) is 16.6. The maximum atomic E-state index is 13.8. The fourth-order valence-corrected chi connectivity index (χ4v) is 4.06. The molecule has 0 aliphatic carbocycles. The summed E-state index contributed by atoms with van der Waals surface area (Å²) >= 11 is 5.80.